The second-order valence-electron chi connectivity index (χ2n) is 8.35. The van der Waals surface area contributed by atoms with Gasteiger partial charge >= 0.3 is 0 Å². The minimum atomic E-state index is -0.766. The number of hydrogen-bond acceptors (Lipinski definition) is 5. The van der Waals surface area contributed by atoms with Crippen LogP contribution in [0.2, 0.25) is 0 Å². The Balaban J connectivity index is 1.56. The van der Waals surface area contributed by atoms with E-state index in [0.29, 0.717) is 29.8 Å². The van der Waals surface area contributed by atoms with E-state index < -0.39 is 11.4 Å². The Morgan fingerprint density at radius 3 is 2.90 bits per heavy atom. The molecular formula is C22H27F2N5. The summed E-state index contributed by atoms with van der Waals surface area (Å²) in [6.07, 6.45) is 5.71. The van der Waals surface area contributed by atoms with Crippen molar-refractivity contribution in [3.63, 3.8) is 0 Å². The summed E-state index contributed by atoms with van der Waals surface area (Å²) in [5, 5.41) is 16.7. The van der Waals surface area contributed by atoms with Gasteiger partial charge in [0.15, 0.2) is 0 Å². The highest BCUT2D eigenvalue weighted by Gasteiger charge is 2.35. The second-order valence-corrected chi connectivity index (χ2v) is 8.35. The molecule has 0 spiro atoms. The first-order chi connectivity index (χ1) is 14.2. The summed E-state index contributed by atoms with van der Waals surface area (Å²) in [5.41, 5.74) is 2.20. The van der Waals surface area contributed by atoms with E-state index in [1.807, 2.05) is 18.2 Å². The molecule has 29 heavy (non-hydrogen) atoms. The fourth-order valence-electron chi connectivity index (χ4n) is 4.94. The van der Waals surface area contributed by atoms with Crippen LogP contribution in [0.25, 0.3) is 10.9 Å². The van der Waals surface area contributed by atoms with Gasteiger partial charge in [-0.25, -0.2) is 0 Å². The van der Waals surface area contributed by atoms with Crippen LogP contribution >= 0.6 is 0 Å². The van der Waals surface area contributed by atoms with Crippen molar-refractivity contribution >= 4 is 10.9 Å². The quantitative estimate of drug-likeness (QED) is 0.750. The molecule has 0 radical (unpaired) electrons. The van der Waals surface area contributed by atoms with Crippen LogP contribution in [-0.4, -0.2) is 42.0 Å². The highest BCUT2D eigenvalue weighted by Crippen LogP contribution is 2.39. The number of hydrogen-bond donors (Lipinski definition) is 2. The van der Waals surface area contributed by atoms with Gasteiger partial charge in [-0.15, -0.1) is 8.96 Å². The molecule has 1 aromatic heterocycles. The van der Waals surface area contributed by atoms with E-state index in [9.17, 15) is 14.2 Å². The molecule has 1 aliphatic carbocycles. The number of piperidine rings is 1. The first-order valence-electron chi connectivity index (χ1n) is 10.5. The number of fused-ring (bicyclic) bond motifs is 1. The van der Waals surface area contributed by atoms with E-state index in [0.717, 1.165) is 37.0 Å². The summed E-state index contributed by atoms with van der Waals surface area (Å²) >= 11 is 0. The Hall–Kier alpha value is -2.14. The van der Waals surface area contributed by atoms with Crippen molar-refractivity contribution in [1.82, 2.24) is 21.0 Å². The first-order valence-corrected chi connectivity index (χ1v) is 10.5. The molecular weight excluding hydrogens is 372 g/mol. The number of aromatic nitrogens is 1. The summed E-state index contributed by atoms with van der Waals surface area (Å²) < 4.78 is 27.1. The lowest BCUT2D eigenvalue weighted by Crippen LogP contribution is -2.45. The van der Waals surface area contributed by atoms with Crippen LogP contribution < -0.4 is 10.6 Å². The molecule has 1 saturated heterocycles. The summed E-state index contributed by atoms with van der Waals surface area (Å²) in [6.45, 7) is 2.94. The molecule has 0 bridgehead atoms. The minimum Gasteiger partial charge on any atom is -0.316 e. The smallest absolute Gasteiger partial charge is 0.101 e. The fraction of sp³-hybridized carbons (Fsp3) is 0.545. The Morgan fingerprint density at radius 2 is 2.14 bits per heavy atom. The van der Waals surface area contributed by atoms with Gasteiger partial charge in [-0.2, -0.15) is 5.26 Å². The molecule has 2 fully saturated rings. The first kappa shape index (κ1) is 20.1. The Bertz CT molecular complexity index is 875. The highest BCUT2D eigenvalue weighted by molar-refractivity contribution is 5.87. The lowest BCUT2D eigenvalue weighted by Gasteiger charge is -2.37. The average molecular weight is 399 g/mol. The van der Waals surface area contributed by atoms with Crippen molar-refractivity contribution in [2.45, 2.75) is 50.1 Å². The molecule has 154 valence electrons. The van der Waals surface area contributed by atoms with E-state index in [4.69, 9.17) is 0 Å². The average Bonchev–Trinajstić information content (AvgIpc) is 2.77. The van der Waals surface area contributed by atoms with Gasteiger partial charge in [-0.05, 0) is 81.3 Å². The van der Waals surface area contributed by atoms with Gasteiger partial charge in [0, 0.05) is 23.0 Å². The molecule has 4 rings (SSSR count). The van der Waals surface area contributed by atoms with E-state index in [-0.39, 0.29) is 12.0 Å². The zero-order valence-electron chi connectivity index (χ0n) is 16.5. The molecule has 0 amide bonds. The van der Waals surface area contributed by atoms with Crippen molar-refractivity contribution in [1.29, 1.82) is 5.26 Å². The minimum absolute atomic E-state index is 0.00386. The third-order valence-electron chi connectivity index (χ3n) is 6.42. The van der Waals surface area contributed by atoms with E-state index in [2.05, 4.69) is 21.7 Å². The molecule has 1 saturated carbocycles. The molecule has 2 N–H and O–H groups in total. The van der Waals surface area contributed by atoms with Crippen LogP contribution in [0.1, 0.15) is 49.1 Å². The maximum atomic E-state index is 13.6. The lowest BCUT2D eigenvalue weighted by atomic mass is 9.77. The van der Waals surface area contributed by atoms with E-state index in [1.165, 1.54) is 12.8 Å². The summed E-state index contributed by atoms with van der Waals surface area (Å²) in [7, 11) is 0. The van der Waals surface area contributed by atoms with Gasteiger partial charge in [0.05, 0.1) is 17.1 Å². The van der Waals surface area contributed by atoms with Gasteiger partial charge in [0.1, 0.15) is 6.07 Å². The topological polar surface area (TPSA) is 64.0 Å². The van der Waals surface area contributed by atoms with Gasteiger partial charge in [-0.3, -0.25) is 4.98 Å². The van der Waals surface area contributed by atoms with Gasteiger partial charge in [-0.1, -0.05) is 12.1 Å². The normalized spacial score (nSPS) is 27.8. The Morgan fingerprint density at radius 1 is 1.24 bits per heavy atom. The summed E-state index contributed by atoms with van der Waals surface area (Å²) in [5.74, 6) is 0.568. The molecule has 3 unspecified atom stereocenters. The van der Waals surface area contributed by atoms with Crippen molar-refractivity contribution in [2.24, 2.45) is 5.92 Å². The zero-order valence-corrected chi connectivity index (χ0v) is 16.5. The number of rotatable bonds is 5. The van der Waals surface area contributed by atoms with Crippen LogP contribution in [-0.2, 0) is 0 Å². The maximum absolute atomic E-state index is 13.6. The van der Waals surface area contributed by atoms with Crippen molar-refractivity contribution in [3.05, 3.63) is 41.6 Å². The number of benzene rings is 1. The second kappa shape index (κ2) is 9.12. The molecule has 2 heterocycles. The Labute approximate surface area is 170 Å². The molecule has 2 aromatic rings. The van der Waals surface area contributed by atoms with E-state index in [1.54, 1.807) is 12.3 Å². The number of halogens is 2. The molecule has 1 aromatic carbocycles. The number of nitrogens with one attached hydrogen (secondary N) is 2. The SMILES string of the molecule is N#Cc1ccc(C2CC(N(F)F)C[C@@H](NCC3CCCNC3)C2)c2cccnc12. The van der Waals surface area contributed by atoms with Crippen LogP contribution in [0.4, 0.5) is 8.96 Å². The highest BCUT2D eigenvalue weighted by atomic mass is 19.4. The Kier molecular flexibility index (Phi) is 6.34. The third kappa shape index (κ3) is 4.55. The molecule has 4 atom stereocenters. The van der Waals surface area contributed by atoms with Crippen LogP contribution in [0.15, 0.2) is 30.5 Å². The zero-order chi connectivity index (χ0) is 20.2. The van der Waals surface area contributed by atoms with Gasteiger partial charge in [0.2, 0.25) is 0 Å². The molecule has 5 nitrogen and oxygen atoms in total. The predicted molar refractivity (Wildman–Crippen MR) is 108 cm³/mol. The van der Waals surface area contributed by atoms with Crippen molar-refractivity contribution < 1.29 is 8.96 Å². The molecule has 2 aliphatic rings. The summed E-state index contributed by atoms with van der Waals surface area (Å²) in [6, 6.07) is 8.96. The molecule has 7 heteroatoms. The number of nitriles is 1. The fourth-order valence-corrected chi connectivity index (χ4v) is 4.94. The summed E-state index contributed by atoms with van der Waals surface area (Å²) in [4.78, 5) is 4.37. The van der Waals surface area contributed by atoms with Crippen LogP contribution in [0.3, 0.4) is 0 Å². The van der Waals surface area contributed by atoms with Gasteiger partial charge < -0.3 is 10.6 Å². The molecule has 1 aliphatic heterocycles. The number of pyridine rings is 1. The lowest BCUT2D eigenvalue weighted by molar-refractivity contribution is -0.196. The predicted octanol–water partition coefficient (Wildman–Crippen LogP) is 3.77. The standard InChI is InChI=1S/C22H27F2N5/c23-29(24)19-10-17(9-18(11-19)28-14-15-3-1-7-26-13-15)20-6-5-16(12-25)22-21(20)4-2-8-27-22/h2,4-6,8,15,17-19,26,28H,1,3,7,9-11,13-14H2/t15?,17?,18-,19?/m0/s1. The van der Waals surface area contributed by atoms with Crippen LogP contribution in [0, 0.1) is 17.2 Å². The monoisotopic (exact) mass is 399 g/mol. The van der Waals surface area contributed by atoms with Gasteiger partial charge in [0.25, 0.3) is 0 Å². The largest absolute Gasteiger partial charge is 0.316 e. The van der Waals surface area contributed by atoms with Crippen LogP contribution in [0.5, 0.6) is 0 Å². The number of nitrogens with zero attached hydrogens (tertiary/aromatic N) is 3. The van der Waals surface area contributed by atoms with E-state index >= 15 is 0 Å². The third-order valence-corrected chi connectivity index (χ3v) is 6.42. The maximum Gasteiger partial charge on any atom is 0.101 e. The van der Waals surface area contributed by atoms with Crippen molar-refractivity contribution in [3.8, 4) is 6.07 Å². The van der Waals surface area contributed by atoms with Crippen molar-refractivity contribution in [2.75, 3.05) is 19.6 Å².